The van der Waals surface area contributed by atoms with E-state index in [1.807, 2.05) is 24.4 Å². The van der Waals surface area contributed by atoms with Crippen molar-refractivity contribution < 1.29 is 9.53 Å². The van der Waals surface area contributed by atoms with Crippen molar-refractivity contribution in [1.82, 2.24) is 10.3 Å². The Kier molecular flexibility index (Phi) is 6.01. The summed E-state index contributed by atoms with van der Waals surface area (Å²) in [6.07, 6.45) is 3.03. The van der Waals surface area contributed by atoms with E-state index in [-0.39, 0.29) is 5.91 Å². The molecule has 0 aliphatic carbocycles. The number of rotatable bonds is 6. The van der Waals surface area contributed by atoms with Gasteiger partial charge >= 0.3 is 0 Å². The van der Waals surface area contributed by atoms with Gasteiger partial charge in [-0.25, -0.2) is 4.98 Å². The number of ether oxygens (including phenoxy) is 1. The van der Waals surface area contributed by atoms with Crippen LogP contribution < -0.4 is 10.2 Å². The van der Waals surface area contributed by atoms with Crippen molar-refractivity contribution in [1.29, 1.82) is 0 Å². The third-order valence-corrected chi connectivity index (χ3v) is 4.40. The fourth-order valence-corrected chi connectivity index (χ4v) is 2.83. The molecule has 0 saturated carbocycles. The van der Waals surface area contributed by atoms with Gasteiger partial charge in [0.15, 0.2) is 0 Å². The highest BCUT2D eigenvalue weighted by atomic mass is 16.5. The van der Waals surface area contributed by atoms with Gasteiger partial charge in [-0.1, -0.05) is 29.8 Å². The van der Waals surface area contributed by atoms with Crippen molar-refractivity contribution in [2.24, 2.45) is 0 Å². The number of hydrogen-bond donors (Lipinski definition) is 1. The van der Waals surface area contributed by atoms with Crippen LogP contribution in [-0.4, -0.2) is 37.2 Å². The summed E-state index contributed by atoms with van der Waals surface area (Å²) in [5.74, 6) is 1.05. The molecule has 1 aliphatic heterocycles. The molecule has 0 spiro atoms. The third-order valence-electron chi connectivity index (χ3n) is 4.40. The molecule has 3 rings (SSSR count). The van der Waals surface area contributed by atoms with E-state index in [2.05, 4.69) is 40.3 Å². The highest BCUT2D eigenvalue weighted by Crippen LogP contribution is 2.15. The van der Waals surface area contributed by atoms with Gasteiger partial charge in [-0.15, -0.1) is 0 Å². The third kappa shape index (κ3) is 5.29. The Morgan fingerprint density at radius 3 is 2.68 bits per heavy atom. The Balaban J connectivity index is 1.47. The zero-order chi connectivity index (χ0) is 17.5. The molecule has 1 fully saturated rings. The first kappa shape index (κ1) is 17.4. The van der Waals surface area contributed by atoms with Gasteiger partial charge in [0.1, 0.15) is 5.82 Å². The minimum atomic E-state index is 0.0744. The second-order valence-corrected chi connectivity index (χ2v) is 6.38. The normalized spacial score (nSPS) is 14.4. The van der Waals surface area contributed by atoms with Crippen LogP contribution in [0.1, 0.15) is 23.1 Å². The number of aryl methyl sites for hydroxylation is 2. The van der Waals surface area contributed by atoms with Gasteiger partial charge in [0.25, 0.3) is 0 Å². The molecule has 0 radical (unpaired) electrons. The van der Waals surface area contributed by atoms with Crippen LogP contribution in [0.15, 0.2) is 42.6 Å². The SMILES string of the molecule is Cc1ccc(CNC(=O)CCc2ccnc(N3CCOCC3)c2)cc1. The molecule has 1 aliphatic rings. The lowest BCUT2D eigenvalue weighted by atomic mass is 10.1. The molecule has 1 saturated heterocycles. The smallest absolute Gasteiger partial charge is 0.220 e. The molecule has 132 valence electrons. The lowest BCUT2D eigenvalue weighted by Crippen LogP contribution is -2.36. The number of carbonyl (C=O) groups is 1. The van der Waals surface area contributed by atoms with E-state index in [1.54, 1.807) is 0 Å². The summed E-state index contributed by atoms with van der Waals surface area (Å²) in [6.45, 7) is 5.86. The summed E-state index contributed by atoms with van der Waals surface area (Å²) in [5.41, 5.74) is 3.49. The molecule has 1 amide bonds. The maximum atomic E-state index is 12.1. The highest BCUT2D eigenvalue weighted by Gasteiger charge is 2.12. The maximum absolute atomic E-state index is 12.1. The molecule has 1 aromatic heterocycles. The van der Waals surface area contributed by atoms with Crippen LogP contribution in [0.3, 0.4) is 0 Å². The number of hydrogen-bond acceptors (Lipinski definition) is 4. The summed E-state index contributed by atoms with van der Waals surface area (Å²) in [6, 6.07) is 12.3. The van der Waals surface area contributed by atoms with Crippen molar-refractivity contribution in [2.45, 2.75) is 26.3 Å². The Labute approximate surface area is 149 Å². The number of carbonyl (C=O) groups excluding carboxylic acids is 1. The van der Waals surface area contributed by atoms with E-state index in [1.165, 1.54) is 5.56 Å². The molecule has 0 unspecified atom stereocenters. The maximum Gasteiger partial charge on any atom is 0.220 e. The van der Waals surface area contributed by atoms with Crippen molar-refractivity contribution in [3.8, 4) is 0 Å². The van der Waals surface area contributed by atoms with Crippen LogP contribution in [0.2, 0.25) is 0 Å². The number of anilines is 1. The second kappa shape index (κ2) is 8.62. The minimum Gasteiger partial charge on any atom is -0.378 e. The van der Waals surface area contributed by atoms with Crippen LogP contribution in [0.4, 0.5) is 5.82 Å². The van der Waals surface area contributed by atoms with E-state index >= 15 is 0 Å². The predicted molar refractivity (Wildman–Crippen MR) is 98.6 cm³/mol. The molecule has 5 heteroatoms. The summed E-state index contributed by atoms with van der Waals surface area (Å²) >= 11 is 0. The Morgan fingerprint density at radius 2 is 1.92 bits per heavy atom. The minimum absolute atomic E-state index is 0.0744. The van der Waals surface area contributed by atoms with Gasteiger partial charge in [0, 0.05) is 32.3 Å². The second-order valence-electron chi connectivity index (χ2n) is 6.38. The quantitative estimate of drug-likeness (QED) is 0.878. The summed E-state index contributed by atoms with van der Waals surface area (Å²) in [5, 5.41) is 2.99. The molecular weight excluding hydrogens is 314 g/mol. The van der Waals surface area contributed by atoms with Crippen molar-refractivity contribution in [2.75, 3.05) is 31.2 Å². The summed E-state index contributed by atoms with van der Waals surface area (Å²) in [7, 11) is 0. The molecule has 5 nitrogen and oxygen atoms in total. The number of pyridine rings is 1. The lowest BCUT2D eigenvalue weighted by molar-refractivity contribution is -0.121. The van der Waals surface area contributed by atoms with Crippen LogP contribution in [0.5, 0.6) is 0 Å². The average Bonchev–Trinajstić information content (AvgIpc) is 2.67. The Hall–Kier alpha value is -2.40. The first-order chi connectivity index (χ1) is 12.2. The van der Waals surface area contributed by atoms with E-state index in [9.17, 15) is 4.79 Å². The summed E-state index contributed by atoms with van der Waals surface area (Å²) in [4.78, 5) is 18.8. The van der Waals surface area contributed by atoms with Crippen LogP contribution in [0.25, 0.3) is 0 Å². The largest absolute Gasteiger partial charge is 0.378 e. The molecule has 2 heterocycles. The van der Waals surface area contributed by atoms with Gasteiger partial charge in [-0.05, 0) is 36.6 Å². The number of aromatic nitrogens is 1. The molecule has 0 atom stereocenters. The molecule has 1 N–H and O–H groups in total. The fraction of sp³-hybridized carbons (Fsp3) is 0.400. The van der Waals surface area contributed by atoms with Crippen LogP contribution >= 0.6 is 0 Å². The van der Waals surface area contributed by atoms with Crippen molar-refractivity contribution >= 4 is 11.7 Å². The molecule has 25 heavy (non-hydrogen) atoms. The number of morpholine rings is 1. The fourth-order valence-electron chi connectivity index (χ4n) is 2.83. The monoisotopic (exact) mass is 339 g/mol. The van der Waals surface area contributed by atoms with Gasteiger partial charge < -0.3 is 15.0 Å². The van der Waals surface area contributed by atoms with Crippen LogP contribution in [0, 0.1) is 6.92 Å². The predicted octanol–water partition coefficient (Wildman–Crippen LogP) is 2.48. The number of nitrogens with one attached hydrogen (secondary N) is 1. The van der Waals surface area contributed by atoms with Crippen LogP contribution in [-0.2, 0) is 22.5 Å². The van der Waals surface area contributed by atoms with Gasteiger partial charge in [0.2, 0.25) is 5.91 Å². The van der Waals surface area contributed by atoms with Gasteiger partial charge in [-0.2, -0.15) is 0 Å². The Morgan fingerprint density at radius 1 is 1.16 bits per heavy atom. The van der Waals surface area contributed by atoms with Gasteiger partial charge in [-0.3, -0.25) is 4.79 Å². The highest BCUT2D eigenvalue weighted by molar-refractivity contribution is 5.76. The number of amides is 1. The standard InChI is InChI=1S/C20H25N3O2/c1-16-2-4-18(5-3-16)15-22-20(24)7-6-17-8-9-21-19(14-17)23-10-12-25-13-11-23/h2-5,8-9,14H,6-7,10-13,15H2,1H3,(H,22,24). The number of nitrogens with zero attached hydrogens (tertiary/aromatic N) is 2. The first-order valence-corrected chi connectivity index (χ1v) is 8.80. The van der Waals surface area contributed by atoms with E-state index in [0.717, 1.165) is 49.7 Å². The van der Waals surface area contributed by atoms with E-state index in [0.29, 0.717) is 13.0 Å². The molecule has 2 aromatic rings. The van der Waals surface area contributed by atoms with Gasteiger partial charge in [0.05, 0.1) is 13.2 Å². The van der Waals surface area contributed by atoms with E-state index in [4.69, 9.17) is 4.74 Å². The van der Waals surface area contributed by atoms with Crippen molar-refractivity contribution in [3.63, 3.8) is 0 Å². The lowest BCUT2D eigenvalue weighted by Gasteiger charge is -2.28. The van der Waals surface area contributed by atoms with E-state index < -0.39 is 0 Å². The Bertz CT molecular complexity index is 694. The molecule has 0 bridgehead atoms. The average molecular weight is 339 g/mol. The first-order valence-electron chi connectivity index (χ1n) is 8.80. The molecule has 1 aromatic carbocycles. The number of benzene rings is 1. The molecular formula is C20H25N3O2. The zero-order valence-electron chi connectivity index (χ0n) is 14.7. The summed E-state index contributed by atoms with van der Waals surface area (Å²) < 4.78 is 5.38. The zero-order valence-corrected chi connectivity index (χ0v) is 14.7. The van der Waals surface area contributed by atoms with Crippen molar-refractivity contribution in [3.05, 3.63) is 59.3 Å². The topological polar surface area (TPSA) is 54.5 Å².